The summed E-state index contributed by atoms with van der Waals surface area (Å²) in [4.78, 5) is 31.6. The smallest absolute Gasteiger partial charge is 0.414 e. The van der Waals surface area contributed by atoms with Gasteiger partial charge in [0.25, 0.3) is 0 Å². The van der Waals surface area contributed by atoms with E-state index in [0.29, 0.717) is 24.6 Å². The number of nitrogens with zero attached hydrogens (tertiary/aromatic N) is 2. The molecular formula is C28H30N2O5. The first-order chi connectivity index (χ1) is 16.7. The Labute approximate surface area is 205 Å². The van der Waals surface area contributed by atoms with Crippen molar-refractivity contribution in [2.75, 3.05) is 18.6 Å². The highest BCUT2D eigenvalue weighted by Gasteiger charge is 2.28. The number of pyridine rings is 1. The summed E-state index contributed by atoms with van der Waals surface area (Å²) >= 11 is 0. The lowest BCUT2D eigenvalue weighted by molar-refractivity contribution is 0.0572. The summed E-state index contributed by atoms with van der Waals surface area (Å²) in [7, 11) is 1.31. The van der Waals surface area contributed by atoms with Crippen LogP contribution in [0, 0.1) is 0 Å². The molecule has 0 aliphatic carbocycles. The third-order valence-corrected chi connectivity index (χ3v) is 5.59. The van der Waals surface area contributed by atoms with Crippen LogP contribution in [-0.4, -0.2) is 36.3 Å². The van der Waals surface area contributed by atoms with Crippen LogP contribution in [0.15, 0.2) is 60.7 Å². The maximum Gasteiger partial charge on any atom is 0.414 e. The van der Waals surface area contributed by atoms with Crippen LogP contribution in [0.4, 0.5) is 10.5 Å². The number of esters is 1. The van der Waals surface area contributed by atoms with Gasteiger partial charge in [0.1, 0.15) is 12.2 Å². The van der Waals surface area contributed by atoms with E-state index in [9.17, 15) is 9.59 Å². The Kier molecular flexibility index (Phi) is 7.05. The molecule has 1 amide bonds. The first kappa shape index (κ1) is 24.3. The molecule has 2 heterocycles. The number of fused-ring (bicyclic) bond motifs is 1. The molecule has 7 nitrogen and oxygen atoms in total. The number of rotatable bonds is 5. The Morgan fingerprint density at radius 1 is 1.03 bits per heavy atom. The average molecular weight is 475 g/mol. The molecule has 0 saturated heterocycles. The van der Waals surface area contributed by atoms with E-state index in [1.165, 1.54) is 7.11 Å². The van der Waals surface area contributed by atoms with Crippen molar-refractivity contribution in [1.29, 1.82) is 0 Å². The SMILES string of the molecule is COC(=O)c1nc(-c2ccc3c(c2)N(C(=O)OC(C)(C)C)CCC3)ccc1OCc1ccccc1. The second-order valence-corrected chi connectivity index (χ2v) is 9.39. The highest BCUT2D eigenvalue weighted by molar-refractivity contribution is 5.92. The van der Waals surface area contributed by atoms with Gasteiger partial charge >= 0.3 is 12.1 Å². The molecule has 0 radical (unpaired) electrons. The average Bonchev–Trinajstić information content (AvgIpc) is 2.85. The maximum absolute atomic E-state index is 12.9. The number of ether oxygens (including phenoxy) is 3. The molecule has 1 aliphatic rings. The minimum absolute atomic E-state index is 0.0997. The third kappa shape index (κ3) is 5.80. The van der Waals surface area contributed by atoms with Gasteiger partial charge in [-0.2, -0.15) is 0 Å². The zero-order valence-electron chi connectivity index (χ0n) is 20.5. The van der Waals surface area contributed by atoms with E-state index < -0.39 is 11.6 Å². The van der Waals surface area contributed by atoms with E-state index >= 15 is 0 Å². The van der Waals surface area contributed by atoms with Gasteiger partial charge in [-0.1, -0.05) is 42.5 Å². The van der Waals surface area contributed by atoms with E-state index in [1.54, 1.807) is 17.0 Å². The molecule has 0 unspecified atom stereocenters. The second kappa shape index (κ2) is 10.2. The van der Waals surface area contributed by atoms with Gasteiger partial charge in [0, 0.05) is 12.1 Å². The van der Waals surface area contributed by atoms with E-state index in [0.717, 1.165) is 35.2 Å². The van der Waals surface area contributed by atoms with Crippen molar-refractivity contribution in [3.63, 3.8) is 0 Å². The first-order valence-corrected chi connectivity index (χ1v) is 11.6. The first-order valence-electron chi connectivity index (χ1n) is 11.6. The molecular weight excluding hydrogens is 444 g/mol. The molecule has 0 saturated carbocycles. The Morgan fingerprint density at radius 2 is 1.80 bits per heavy atom. The molecule has 0 spiro atoms. The van der Waals surface area contributed by atoms with Gasteiger partial charge in [-0.05, 0) is 62.9 Å². The lowest BCUT2D eigenvalue weighted by atomic mass is 9.98. The molecule has 7 heteroatoms. The van der Waals surface area contributed by atoms with Crippen molar-refractivity contribution in [1.82, 2.24) is 4.98 Å². The number of benzene rings is 2. The Bertz CT molecular complexity index is 1220. The zero-order valence-corrected chi connectivity index (χ0v) is 20.5. The van der Waals surface area contributed by atoms with Crippen molar-refractivity contribution >= 4 is 17.7 Å². The fourth-order valence-corrected chi connectivity index (χ4v) is 3.94. The van der Waals surface area contributed by atoms with Crippen LogP contribution in [0.2, 0.25) is 0 Å². The van der Waals surface area contributed by atoms with Gasteiger partial charge in [0.15, 0.2) is 11.4 Å². The van der Waals surface area contributed by atoms with Gasteiger partial charge in [-0.25, -0.2) is 14.6 Å². The number of carbonyl (C=O) groups is 2. The number of hydrogen-bond donors (Lipinski definition) is 0. The fraction of sp³-hybridized carbons (Fsp3) is 0.321. The van der Waals surface area contributed by atoms with Crippen molar-refractivity contribution in [2.24, 2.45) is 0 Å². The van der Waals surface area contributed by atoms with Crippen LogP contribution >= 0.6 is 0 Å². The Hall–Kier alpha value is -3.87. The maximum atomic E-state index is 12.9. The number of anilines is 1. The van der Waals surface area contributed by atoms with Crippen LogP contribution in [0.3, 0.4) is 0 Å². The highest BCUT2D eigenvalue weighted by atomic mass is 16.6. The second-order valence-electron chi connectivity index (χ2n) is 9.39. The summed E-state index contributed by atoms with van der Waals surface area (Å²) in [5.74, 6) is -0.235. The normalized spacial score (nSPS) is 13.1. The van der Waals surface area contributed by atoms with Crippen LogP contribution in [0.5, 0.6) is 5.75 Å². The Morgan fingerprint density at radius 3 is 2.51 bits per heavy atom. The van der Waals surface area contributed by atoms with Crippen LogP contribution in [-0.2, 0) is 22.5 Å². The molecule has 0 N–H and O–H groups in total. The molecule has 35 heavy (non-hydrogen) atoms. The van der Waals surface area contributed by atoms with Crippen molar-refractivity contribution < 1.29 is 23.8 Å². The molecule has 3 aromatic rings. The summed E-state index contributed by atoms with van der Waals surface area (Å²) in [5, 5.41) is 0. The predicted molar refractivity (Wildman–Crippen MR) is 134 cm³/mol. The molecule has 0 fully saturated rings. The molecule has 1 aromatic heterocycles. The number of carbonyl (C=O) groups excluding carboxylic acids is 2. The number of hydrogen-bond acceptors (Lipinski definition) is 6. The van der Waals surface area contributed by atoms with Crippen molar-refractivity contribution in [2.45, 2.75) is 45.8 Å². The zero-order chi connectivity index (χ0) is 25.0. The summed E-state index contributed by atoms with van der Waals surface area (Å²) in [6, 6.07) is 19.1. The molecule has 0 bridgehead atoms. The Balaban J connectivity index is 1.65. The monoisotopic (exact) mass is 474 g/mol. The third-order valence-electron chi connectivity index (χ3n) is 5.59. The fourth-order valence-electron chi connectivity index (χ4n) is 3.94. The van der Waals surface area contributed by atoms with E-state index in [1.807, 2.05) is 69.3 Å². The van der Waals surface area contributed by atoms with E-state index in [2.05, 4.69) is 4.98 Å². The summed E-state index contributed by atoms with van der Waals surface area (Å²) < 4.78 is 16.5. The van der Waals surface area contributed by atoms with Gasteiger partial charge in [-0.15, -0.1) is 0 Å². The highest BCUT2D eigenvalue weighted by Crippen LogP contribution is 2.33. The van der Waals surface area contributed by atoms with Crippen LogP contribution in [0.1, 0.15) is 48.8 Å². The molecule has 4 rings (SSSR count). The van der Waals surface area contributed by atoms with Gasteiger partial charge in [-0.3, -0.25) is 4.90 Å². The molecule has 1 aliphatic heterocycles. The standard InChI is InChI=1S/C28H30N2O5/c1-28(2,3)35-27(32)30-16-8-11-20-12-13-21(17-23(20)30)22-14-15-24(25(29-22)26(31)33-4)34-18-19-9-6-5-7-10-19/h5-7,9-10,12-15,17H,8,11,16,18H2,1-4H3. The van der Waals surface area contributed by atoms with Gasteiger partial charge in [0.05, 0.1) is 18.5 Å². The quantitative estimate of drug-likeness (QED) is 0.435. The lowest BCUT2D eigenvalue weighted by Crippen LogP contribution is -2.39. The van der Waals surface area contributed by atoms with E-state index in [-0.39, 0.29) is 11.8 Å². The molecule has 2 aromatic carbocycles. The summed E-state index contributed by atoms with van der Waals surface area (Å²) in [6.45, 7) is 6.44. The number of aryl methyl sites for hydroxylation is 1. The van der Waals surface area contributed by atoms with E-state index in [4.69, 9.17) is 14.2 Å². The molecule has 0 atom stereocenters. The summed E-state index contributed by atoms with van der Waals surface area (Å²) in [6.07, 6.45) is 1.37. The minimum atomic E-state index is -0.584. The lowest BCUT2D eigenvalue weighted by Gasteiger charge is -2.32. The number of aromatic nitrogens is 1. The van der Waals surface area contributed by atoms with Crippen molar-refractivity contribution in [3.05, 3.63) is 77.5 Å². The summed E-state index contributed by atoms with van der Waals surface area (Å²) in [5.41, 5.74) is 3.72. The van der Waals surface area contributed by atoms with Crippen LogP contribution in [0.25, 0.3) is 11.3 Å². The molecule has 182 valence electrons. The van der Waals surface area contributed by atoms with Crippen LogP contribution < -0.4 is 9.64 Å². The van der Waals surface area contributed by atoms with Crippen molar-refractivity contribution in [3.8, 4) is 17.0 Å². The largest absolute Gasteiger partial charge is 0.486 e. The predicted octanol–water partition coefficient (Wildman–Crippen LogP) is 5.80. The minimum Gasteiger partial charge on any atom is -0.486 e. The topological polar surface area (TPSA) is 78.0 Å². The number of methoxy groups -OCH3 is 1. The van der Waals surface area contributed by atoms with Gasteiger partial charge in [0.2, 0.25) is 0 Å². The number of amides is 1. The van der Waals surface area contributed by atoms with Gasteiger partial charge < -0.3 is 14.2 Å².